The van der Waals surface area contributed by atoms with Crippen LogP contribution in [0, 0.1) is 6.92 Å². The highest BCUT2D eigenvalue weighted by atomic mass is 16.3. The first-order chi connectivity index (χ1) is 12.0. The van der Waals surface area contributed by atoms with Crippen molar-refractivity contribution in [1.82, 2.24) is 4.90 Å². The maximum Gasteiger partial charge on any atom is 0.227 e. The zero-order chi connectivity index (χ0) is 17.9. The first-order valence-corrected chi connectivity index (χ1v) is 9.52. The summed E-state index contributed by atoms with van der Waals surface area (Å²) in [5.74, 6) is -0.0869. The van der Waals surface area contributed by atoms with Crippen LogP contribution in [0.4, 0.5) is 11.4 Å². The van der Waals surface area contributed by atoms with Gasteiger partial charge in [-0.15, -0.1) is 0 Å². The summed E-state index contributed by atoms with van der Waals surface area (Å²) in [6.07, 6.45) is 4.87. The number of piperazine rings is 1. The van der Waals surface area contributed by atoms with E-state index in [1.807, 2.05) is 12.1 Å². The molecule has 0 spiro atoms. The number of nitrogens with zero attached hydrogens (tertiary/aromatic N) is 2. The number of aryl methyl sites for hydroxylation is 1. The molecule has 5 heteroatoms. The van der Waals surface area contributed by atoms with Crippen molar-refractivity contribution in [1.29, 1.82) is 0 Å². The van der Waals surface area contributed by atoms with E-state index in [1.165, 1.54) is 11.3 Å². The lowest BCUT2D eigenvalue weighted by Crippen LogP contribution is -2.44. The van der Waals surface area contributed by atoms with Crippen LogP contribution in [0.5, 0.6) is 0 Å². The van der Waals surface area contributed by atoms with E-state index in [2.05, 4.69) is 35.2 Å². The van der Waals surface area contributed by atoms with Gasteiger partial charge in [0.2, 0.25) is 5.91 Å². The molecule has 25 heavy (non-hydrogen) atoms. The number of amides is 1. The van der Waals surface area contributed by atoms with Gasteiger partial charge in [-0.1, -0.05) is 19.3 Å². The number of carbonyl (C=O) groups excluding carboxylic acids is 1. The Hall–Kier alpha value is -1.59. The zero-order valence-electron chi connectivity index (χ0n) is 15.6. The van der Waals surface area contributed by atoms with Crippen LogP contribution in [-0.2, 0) is 4.79 Å². The van der Waals surface area contributed by atoms with Crippen molar-refractivity contribution in [3.8, 4) is 0 Å². The van der Waals surface area contributed by atoms with Crippen LogP contribution < -0.4 is 10.2 Å². The topological polar surface area (TPSA) is 55.8 Å². The second-order valence-electron chi connectivity index (χ2n) is 7.80. The van der Waals surface area contributed by atoms with Crippen LogP contribution in [0.3, 0.4) is 0 Å². The van der Waals surface area contributed by atoms with Gasteiger partial charge in [0.25, 0.3) is 0 Å². The van der Waals surface area contributed by atoms with Crippen LogP contribution in [0.1, 0.15) is 44.1 Å². The summed E-state index contributed by atoms with van der Waals surface area (Å²) in [6.45, 7) is 6.33. The third kappa shape index (κ3) is 4.73. The number of hydrogen-bond donors (Lipinski definition) is 2. The predicted molar refractivity (Wildman–Crippen MR) is 102 cm³/mol. The number of rotatable bonds is 4. The minimum Gasteiger partial charge on any atom is -0.389 e. The van der Waals surface area contributed by atoms with Gasteiger partial charge in [0, 0.05) is 37.6 Å². The van der Waals surface area contributed by atoms with E-state index >= 15 is 0 Å². The normalized spacial score (nSPS) is 21.2. The molecule has 1 saturated heterocycles. The van der Waals surface area contributed by atoms with Crippen molar-refractivity contribution < 1.29 is 9.90 Å². The predicted octanol–water partition coefficient (Wildman–Crippen LogP) is 2.77. The standard InChI is InChI=1S/C20H31N3O2/c1-16-14-17(6-7-18(16)23-12-10-22(2)11-13-23)21-19(24)15-20(25)8-4-3-5-9-20/h6-7,14,25H,3-5,8-13,15H2,1-2H3,(H,21,24). The summed E-state index contributed by atoms with van der Waals surface area (Å²) < 4.78 is 0. The molecule has 0 unspecified atom stereocenters. The fourth-order valence-electron chi connectivity index (χ4n) is 4.03. The molecule has 5 nitrogen and oxygen atoms in total. The van der Waals surface area contributed by atoms with Gasteiger partial charge in [-0.3, -0.25) is 4.79 Å². The Morgan fingerprint density at radius 3 is 2.48 bits per heavy atom. The Bertz CT molecular complexity index is 603. The molecule has 1 aromatic carbocycles. The number of carbonyl (C=O) groups is 1. The molecule has 2 aliphatic rings. The first kappa shape index (κ1) is 18.2. The van der Waals surface area contributed by atoms with Crippen LogP contribution in [-0.4, -0.2) is 54.7 Å². The Balaban J connectivity index is 1.59. The summed E-state index contributed by atoms with van der Waals surface area (Å²) >= 11 is 0. The molecule has 138 valence electrons. The lowest BCUT2D eigenvalue weighted by molar-refractivity contribution is -0.122. The number of benzene rings is 1. The van der Waals surface area contributed by atoms with Gasteiger partial charge in [0.15, 0.2) is 0 Å². The summed E-state index contributed by atoms with van der Waals surface area (Å²) in [4.78, 5) is 17.1. The highest BCUT2D eigenvalue weighted by Gasteiger charge is 2.31. The number of likely N-dealkylation sites (N-methyl/N-ethyl adjacent to an activating group) is 1. The highest BCUT2D eigenvalue weighted by molar-refractivity contribution is 5.91. The fourth-order valence-corrected chi connectivity index (χ4v) is 4.03. The van der Waals surface area contributed by atoms with Crippen molar-refractivity contribution in [3.63, 3.8) is 0 Å². The Morgan fingerprint density at radius 2 is 1.84 bits per heavy atom. The van der Waals surface area contributed by atoms with E-state index in [0.29, 0.717) is 0 Å². The van der Waals surface area contributed by atoms with Gasteiger partial charge < -0.3 is 20.2 Å². The Kier molecular flexibility index (Phi) is 5.64. The lowest BCUT2D eigenvalue weighted by Gasteiger charge is -2.35. The molecule has 0 atom stereocenters. The van der Waals surface area contributed by atoms with E-state index in [9.17, 15) is 9.90 Å². The number of nitrogens with one attached hydrogen (secondary N) is 1. The molecular formula is C20H31N3O2. The molecule has 3 rings (SSSR count). The van der Waals surface area contributed by atoms with E-state index in [-0.39, 0.29) is 12.3 Å². The van der Waals surface area contributed by atoms with Gasteiger partial charge in [-0.05, 0) is 50.6 Å². The molecule has 1 aliphatic heterocycles. The minimum absolute atomic E-state index is 0.0869. The molecule has 2 N–H and O–H groups in total. The lowest BCUT2D eigenvalue weighted by atomic mass is 9.82. The molecule has 2 fully saturated rings. The third-order valence-corrected chi connectivity index (χ3v) is 5.60. The quantitative estimate of drug-likeness (QED) is 0.881. The molecule has 0 radical (unpaired) electrons. The molecule has 1 aliphatic carbocycles. The van der Waals surface area contributed by atoms with Gasteiger partial charge in [-0.2, -0.15) is 0 Å². The monoisotopic (exact) mass is 345 g/mol. The average Bonchev–Trinajstić information content (AvgIpc) is 2.56. The molecule has 0 aromatic heterocycles. The van der Waals surface area contributed by atoms with Gasteiger partial charge in [0.05, 0.1) is 12.0 Å². The van der Waals surface area contributed by atoms with Crippen LogP contribution in [0.15, 0.2) is 18.2 Å². The largest absolute Gasteiger partial charge is 0.389 e. The Labute approximate surface area is 151 Å². The summed E-state index contributed by atoms with van der Waals surface area (Å²) in [6, 6.07) is 6.12. The SMILES string of the molecule is Cc1cc(NC(=O)CC2(O)CCCCC2)ccc1N1CCN(C)CC1. The Morgan fingerprint density at radius 1 is 1.16 bits per heavy atom. The number of hydrogen-bond acceptors (Lipinski definition) is 4. The van der Waals surface area contributed by atoms with E-state index in [1.54, 1.807) is 0 Å². The minimum atomic E-state index is -0.808. The highest BCUT2D eigenvalue weighted by Crippen LogP contribution is 2.31. The van der Waals surface area contributed by atoms with Gasteiger partial charge in [0.1, 0.15) is 0 Å². The van der Waals surface area contributed by atoms with Crippen molar-refractivity contribution >= 4 is 17.3 Å². The van der Waals surface area contributed by atoms with Crippen molar-refractivity contribution in [2.24, 2.45) is 0 Å². The molecular weight excluding hydrogens is 314 g/mol. The summed E-state index contributed by atoms with van der Waals surface area (Å²) in [5, 5.41) is 13.5. The van der Waals surface area contributed by atoms with Gasteiger partial charge >= 0.3 is 0 Å². The van der Waals surface area contributed by atoms with Crippen LogP contribution in [0.25, 0.3) is 0 Å². The van der Waals surface area contributed by atoms with Crippen LogP contribution in [0.2, 0.25) is 0 Å². The third-order valence-electron chi connectivity index (χ3n) is 5.60. The molecule has 1 heterocycles. The second kappa shape index (κ2) is 7.75. The molecule has 1 amide bonds. The van der Waals surface area contributed by atoms with E-state index in [0.717, 1.165) is 64.0 Å². The van der Waals surface area contributed by atoms with Gasteiger partial charge in [-0.25, -0.2) is 0 Å². The fraction of sp³-hybridized carbons (Fsp3) is 0.650. The maximum absolute atomic E-state index is 12.3. The second-order valence-corrected chi connectivity index (χ2v) is 7.80. The van der Waals surface area contributed by atoms with Crippen molar-refractivity contribution in [2.45, 2.75) is 51.0 Å². The van der Waals surface area contributed by atoms with E-state index < -0.39 is 5.60 Å². The molecule has 0 bridgehead atoms. The summed E-state index contributed by atoms with van der Waals surface area (Å²) in [7, 11) is 2.16. The summed E-state index contributed by atoms with van der Waals surface area (Å²) in [5.41, 5.74) is 2.44. The van der Waals surface area contributed by atoms with Crippen molar-refractivity contribution in [2.75, 3.05) is 43.4 Å². The smallest absolute Gasteiger partial charge is 0.227 e. The van der Waals surface area contributed by atoms with E-state index in [4.69, 9.17) is 0 Å². The zero-order valence-corrected chi connectivity index (χ0v) is 15.6. The number of aliphatic hydroxyl groups is 1. The first-order valence-electron chi connectivity index (χ1n) is 9.52. The van der Waals surface area contributed by atoms with Crippen LogP contribution >= 0.6 is 0 Å². The average molecular weight is 345 g/mol. The van der Waals surface area contributed by atoms with Crippen molar-refractivity contribution in [3.05, 3.63) is 23.8 Å². The maximum atomic E-state index is 12.3. The number of anilines is 2. The molecule has 1 saturated carbocycles. The molecule has 1 aromatic rings.